The van der Waals surface area contributed by atoms with Crippen molar-refractivity contribution >= 4 is 17.8 Å². The van der Waals surface area contributed by atoms with Crippen LogP contribution < -0.4 is 5.32 Å². The normalized spacial score (nSPS) is 12.2. The molecule has 6 nitrogen and oxygen atoms in total. The van der Waals surface area contributed by atoms with Gasteiger partial charge < -0.3 is 14.8 Å². The highest BCUT2D eigenvalue weighted by atomic mass is 16.6. The molecular weight excluding hydrogens is 334 g/mol. The average molecular weight is 363 g/mol. The van der Waals surface area contributed by atoms with E-state index in [0.29, 0.717) is 11.5 Å². The van der Waals surface area contributed by atoms with E-state index in [1.165, 1.54) is 5.56 Å². The van der Waals surface area contributed by atoms with Gasteiger partial charge in [0.25, 0.3) is 0 Å². The van der Waals surface area contributed by atoms with Crippen LogP contribution >= 0.6 is 0 Å². The maximum Gasteiger partial charge on any atom is 0.407 e. The van der Waals surface area contributed by atoms with Gasteiger partial charge in [0.1, 0.15) is 5.60 Å². The largest absolute Gasteiger partial charge is 0.457 e. The predicted octanol–water partition coefficient (Wildman–Crippen LogP) is 3.84. The van der Waals surface area contributed by atoms with Crippen LogP contribution in [0.5, 0.6) is 0 Å². The number of hydrogen-bond donors (Lipinski definition) is 1. The monoisotopic (exact) mass is 363 g/mol. The quantitative estimate of drug-likeness (QED) is 0.560. The van der Waals surface area contributed by atoms with E-state index < -0.39 is 17.7 Å². The van der Waals surface area contributed by atoms with Crippen LogP contribution in [-0.2, 0) is 14.3 Å². The molecular formula is C20H29NO5. The molecule has 0 spiro atoms. The van der Waals surface area contributed by atoms with Crippen LogP contribution in [0.2, 0.25) is 0 Å². The molecule has 0 aliphatic carbocycles. The highest BCUT2D eigenvalue weighted by molar-refractivity contribution is 5.98. The topological polar surface area (TPSA) is 81.7 Å². The van der Waals surface area contributed by atoms with Gasteiger partial charge >= 0.3 is 12.1 Å². The zero-order chi connectivity index (χ0) is 19.7. The van der Waals surface area contributed by atoms with Crippen LogP contribution in [0.1, 0.15) is 69.3 Å². The number of nitrogens with one attached hydrogen (secondary N) is 1. The molecule has 1 rings (SSSR count). The van der Waals surface area contributed by atoms with E-state index in [4.69, 9.17) is 9.47 Å². The minimum atomic E-state index is -0.596. The highest BCUT2D eigenvalue weighted by Gasteiger charge is 2.16. The first-order chi connectivity index (χ1) is 12.1. The summed E-state index contributed by atoms with van der Waals surface area (Å²) in [4.78, 5) is 35.2. The summed E-state index contributed by atoms with van der Waals surface area (Å²) >= 11 is 0. The van der Waals surface area contributed by atoms with E-state index in [-0.39, 0.29) is 25.4 Å². The first kappa shape index (κ1) is 21.7. The minimum absolute atomic E-state index is 0.0283. The number of Topliss-reactive ketones (excluding diaryl/α,β-unsaturated/α-hetero) is 1. The van der Waals surface area contributed by atoms with Gasteiger partial charge in [-0.15, -0.1) is 0 Å². The molecule has 0 aromatic heterocycles. The first-order valence-electron chi connectivity index (χ1n) is 8.88. The number of rotatable bonds is 8. The van der Waals surface area contributed by atoms with Gasteiger partial charge in [-0.2, -0.15) is 0 Å². The Labute approximate surface area is 155 Å². The van der Waals surface area contributed by atoms with Gasteiger partial charge in [0.05, 0.1) is 6.42 Å². The molecule has 0 bridgehead atoms. The fraction of sp³-hybridized carbons (Fsp3) is 0.550. The lowest BCUT2D eigenvalue weighted by atomic mass is 9.97. The van der Waals surface area contributed by atoms with Crippen LogP contribution in [0, 0.1) is 0 Å². The van der Waals surface area contributed by atoms with Gasteiger partial charge in [0, 0.05) is 12.1 Å². The van der Waals surface area contributed by atoms with Gasteiger partial charge in [0.2, 0.25) is 0 Å². The third-order valence-corrected chi connectivity index (χ3v) is 3.78. The van der Waals surface area contributed by atoms with E-state index in [2.05, 4.69) is 19.2 Å². The standard InChI is InChI=1S/C20H29NO5/c1-6-14(2)15-7-9-16(10-8-15)17(22)13-25-18(23)11-12-21-19(24)26-20(3,4)5/h7-10,14H,6,11-13H2,1-5H3,(H,21,24)/t14-/m1/s1. The Morgan fingerprint density at radius 1 is 1.12 bits per heavy atom. The van der Waals surface area contributed by atoms with Gasteiger partial charge in [-0.3, -0.25) is 9.59 Å². The summed E-state index contributed by atoms with van der Waals surface area (Å²) in [7, 11) is 0. The molecule has 6 heteroatoms. The van der Waals surface area contributed by atoms with E-state index in [9.17, 15) is 14.4 Å². The maximum atomic E-state index is 12.1. The van der Waals surface area contributed by atoms with Crippen molar-refractivity contribution in [3.8, 4) is 0 Å². The number of esters is 1. The third kappa shape index (κ3) is 8.14. The van der Waals surface area contributed by atoms with Gasteiger partial charge in [0.15, 0.2) is 12.4 Å². The van der Waals surface area contributed by atoms with Crippen molar-refractivity contribution in [2.45, 2.75) is 59.0 Å². The Bertz CT molecular complexity index is 616. The molecule has 26 heavy (non-hydrogen) atoms. The van der Waals surface area contributed by atoms with Crippen molar-refractivity contribution in [2.75, 3.05) is 13.2 Å². The lowest BCUT2D eigenvalue weighted by Gasteiger charge is -2.19. The average Bonchev–Trinajstić information content (AvgIpc) is 2.57. The van der Waals surface area contributed by atoms with Crippen molar-refractivity contribution in [1.82, 2.24) is 5.32 Å². The Hall–Kier alpha value is -2.37. The Morgan fingerprint density at radius 3 is 2.27 bits per heavy atom. The third-order valence-electron chi connectivity index (χ3n) is 3.78. The summed E-state index contributed by atoms with van der Waals surface area (Å²) in [6.45, 7) is 9.27. The lowest BCUT2D eigenvalue weighted by Crippen LogP contribution is -2.33. The molecule has 0 saturated carbocycles. The molecule has 0 aliphatic heterocycles. The van der Waals surface area contributed by atoms with E-state index >= 15 is 0 Å². The minimum Gasteiger partial charge on any atom is -0.457 e. The second-order valence-electron chi connectivity index (χ2n) is 7.19. The van der Waals surface area contributed by atoms with Crippen molar-refractivity contribution in [3.63, 3.8) is 0 Å². The van der Waals surface area contributed by atoms with Crippen molar-refractivity contribution in [1.29, 1.82) is 0 Å². The van der Waals surface area contributed by atoms with Crippen molar-refractivity contribution in [3.05, 3.63) is 35.4 Å². The van der Waals surface area contributed by atoms with Crippen molar-refractivity contribution < 1.29 is 23.9 Å². The summed E-state index contributed by atoms with van der Waals surface area (Å²) in [5, 5.41) is 2.46. The second-order valence-corrected chi connectivity index (χ2v) is 7.19. The molecule has 144 valence electrons. The molecule has 0 radical (unpaired) electrons. The van der Waals surface area contributed by atoms with Crippen LogP contribution in [0.15, 0.2) is 24.3 Å². The second kappa shape index (κ2) is 9.94. The molecule has 0 unspecified atom stereocenters. The fourth-order valence-electron chi connectivity index (χ4n) is 2.12. The molecule has 0 fully saturated rings. The Balaban J connectivity index is 2.33. The zero-order valence-electron chi connectivity index (χ0n) is 16.3. The maximum absolute atomic E-state index is 12.1. The molecule has 1 amide bonds. The van der Waals surface area contributed by atoms with Crippen molar-refractivity contribution in [2.24, 2.45) is 0 Å². The number of carbonyl (C=O) groups excluding carboxylic acids is 3. The smallest absolute Gasteiger partial charge is 0.407 e. The molecule has 0 heterocycles. The van der Waals surface area contributed by atoms with Crippen LogP contribution in [0.4, 0.5) is 4.79 Å². The van der Waals surface area contributed by atoms with Crippen LogP contribution in [0.3, 0.4) is 0 Å². The van der Waals surface area contributed by atoms with Crippen LogP contribution in [0.25, 0.3) is 0 Å². The molecule has 1 atom stereocenters. The predicted molar refractivity (Wildman–Crippen MR) is 99.3 cm³/mol. The van der Waals surface area contributed by atoms with E-state index in [1.54, 1.807) is 32.9 Å². The van der Waals surface area contributed by atoms with Gasteiger partial charge in [-0.05, 0) is 38.7 Å². The molecule has 0 saturated heterocycles. The summed E-state index contributed by atoms with van der Waals surface area (Å²) in [6.07, 6.45) is 0.407. The lowest BCUT2D eigenvalue weighted by molar-refractivity contribution is -0.142. The number of ketones is 1. The Morgan fingerprint density at radius 2 is 1.73 bits per heavy atom. The number of carbonyl (C=O) groups is 3. The van der Waals surface area contributed by atoms with Gasteiger partial charge in [-0.1, -0.05) is 38.1 Å². The highest BCUT2D eigenvalue weighted by Crippen LogP contribution is 2.19. The SMILES string of the molecule is CC[C@@H](C)c1ccc(C(=O)COC(=O)CCNC(=O)OC(C)(C)C)cc1. The molecule has 0 aliphatic rings. The number of ether oxygens (including phenoxy) is 2. The van der Waals surface area contributed by atoms with E-state index in [0.717, 1.165) is 6.42 Å². The number of hydrogen-bond acceptors (Lipinski definition) is 5. The molecule has 1 aromatic carbocycles. The molecule has 1 aromatic rings. The summed E-state index contributed by atoms with van der Waals surface area (Å²) in [5.41, 5.74) is 1.09. The zero-order valence-corrected chi connectivity index (χ0v) is 16.3. The number of benzene rings is 1. The first-order valence-corrected chi connectivity index (χ1v) is 8.88. The van der Waals surface area contributed by atoms with Gasteiger partial charge in [-0.25, -0.2) is 4.79 Å². The number of alkyl carbamates (subject to hydrolysis) is 1. The molecule has 1 N–H and O–H groups in total. The van der Waals surface area contributed by atoms with E-state index in [1.807, 2.05) is 12.1 Å². The summed E-state index contributed by atoms with van der Waals surface area (Å²) in [6, 6.07) is 7.35. The summed E-state index contributed by atoms with van der Waals surface area (Å²) < 4.78 is 10.0. The van der Waals surface area contributed by atoms with Crippen LogP contribution in [-0.4, -0.2) is 36.6 Å². The Kier molecular flexibility index (Phi) is 8.29. The summed E-state index contributed by atoms with van der Waals surface area (Å²) in [5.74, 6) is -0.366. The number of amides is 1. The fourth-order valence-corrected chi connectivity index (χ4v) is 2.12.